The molecule has 10 heteroatoms. The molecule has 0 aliphatic heterocycles. The third kappa shape index (κ3) is 9.21. The Balaban J connectivity index is 2.05. The molecule has 0 unspecified atom stereocenters. The zero-order valence-corrected chi connectivity index (χ0v) is 23.8. The molecule has 0 saturated carbocycles. The first-order valence-corrected chi connectivity index (χ1v) is 13.0. The van der Waals surface area contributed by atoms with Crippen molar-refractivity contribution in [3.05, 3.63) is 59.2 Å². The van der Waals surface area contributed by atoms with Gasteiger partial charge in [-0.3, -0.25) is 14.4 Å². The molecule has 2 rings (SSSR count). The molecule has 0 saturated heterocycles. The van der Waals surface area contributed by atoms with Gasteiger partial charge < -0.3 is 25.2 Å². The number of anilines is 1. The zero-order valence-electron chi connectivity index (χ0n) is 23.8. The molecule has 3 N–H and O–H groups in total. The van der Waals surface area contributed by atoms with E-state index in [0.717, 1.165) is 5.56 Å². The van der Waals surface area contributed by atoms with E-state index in [1.165, 1.54) is 44.6 Å². The molecule has 0 aromatic heterocycles. The molecule has 0 aliphatic rings. The molecule has 10 nitrogen and oxygen atoms in total. The van der Waals surface area contributed by atoms with Crippen LogP contribution >= 0.6 is 0 Å². The summed E-state index contributed by atoms with van der Waals surface area (Å²) in [7, 11) is 2.43. The smallest absolute Gasteiger partial charge is 0.339 e. The highest BCUT2D eigenvalue weighted by molar-refractivity contribution is 6.05. The van der Waals surface area contributed by atoms with Crippen LogP contribution in [0.25, 0.3) is 0 Å². The maximum Gasteiger partial charge on any atom is 0.339 e. The average molecular weight is 555 g/mol. The number of hydrogen-bond donors (Lipinski definition) is 3. The fourth-order valence-electron chi connectivity index (χ4n) is 3.81. The SMILES string of the molecule is COC(=O)c1cc(C(=O)CCC[C@H](NC(=O)[C@@H](C)Cc2ccc(O)cc2)C(=O)OC)ccc1NC(=O)C(C)(C)C. The predicted molar refractivity (Wildman–Crippen MR) is 149 cm³/mol. The van der Waals surface area contributed by atoms with Gasteiger partial charge in [-0.25, -0.2) is 9.59 Å². The Kier molecular flexibility index (Phi) is 11.4. The minimum absolute atomic E-state index is 0.0424. The number of rotatable bonds is 12. The molecule has 2 atom stereocenters. The van der Waals surface area contributed by atoms with Crippen molar-refractivity contribution in [2.45, 2.75) is 59.4 Å². The number of ether oxygens (including phenoxy) is 2. The summed E-state index contributed by atoms with van der Waals surface area (Å²) in [5.41, 5.74) is 0.689. The minimum Gasteiger partial charge on any atom is -0.508 e. The van der Waals surface area contributed by atoms with Gasteiger partial charge in [0.25, 0.3) is 0 Å². The molecule has 0 bridgehead atoms. The first kappa shape index (κ1) is 32.0. The van der Waals surface area contributed by atoms with Gasteiger partial charge in [-0.15, -0.1) is 0 Å². The van der Waals surface area contributed by atoms with Gasteiger partial charge in [0.1, 0.15) is 11.8 Å². The number of ketones is 1. The fraction of sp³-hybridized carbons (Fsp3) is 0.433. The second-order valence-corrected chi connectivity index (χ2v) is 10.6. The van der Waals surface area contributed by atoms with Gasteiger partial charge in [0.05, 0.1) is 25.5 Å². The van der Waals surface area contributed by atoms with Gasteiger partial charge in [-0.05, 0) is 55.2 Å². The van der Waals surface area contributed by atoms with E-state index >= 15 is 0 Å². The Bertz CT molecular complexity index is 1230. The summed E-state index contributed by atoms with van der Waals surface area (Å²) in [5.74, 6) is -2.57. The molecule has 0 heterocycles. The molecule has 0 fully saturated rings. The van der Waals surface area contributed by atoms with Crippen LogP contribution in [0.1, 0.15) is 73.2 Å². The van der Waals surface area contributed by atoms with Gasteiger partial charge in [0.15, 0.2) is 5.78 Å². The lowest BCUT2D eigenvalue weighted by atomic mass is 9.95. The van der Waals surface area contributed by atoms with Crippen molar-refractivity contribution in [2.24, 2.45) is 11.3 Å². The Morgan fingerprint density at radius 2 is 1.60 bits per heavy atom. The summed E-state index contributed by atoms with van der Waals surface area (Å²) in [6, 6.07) is 9.95. The number of aromatic hydroxyl groups is 1. The first-order chi connectivity index (χ1) is 18.8. The van der Waals surface area contributed by atoms with E-state index < -0.39 is 29.3 Å². The van der Waals surface area contributed by atoms with Crippen LogP contribution in [0.4, 0.5) is 5.69 Å². The molecule has 216 valence electrons. The molecular formula is C30H38N2O8. The fourth-order valence-corrected chi connectivity index (χ4v) is 3.81. The Hall–Kier alpha value is -4.21. The number of phenols is 1. The third-order valence-corrected chi connectivity index (χ3v) is 6.30. The first-order valence-electron chi connectivity index (χ1n) is 13.0. The van der Waals surface area contributed by atoms with Crippen LogP contribution in [0.15, 0.2) is 42.5 Å². The Morgan fingerprint density at radius 3 is 2.17 bits per heavy atom. The molecular weight excluding hydrogens is 516 g/mol. The molecule has 2 aromatic rings. The van der Waals surface area contributed by atoms with E-state index in [0.29, 0.717) is 6.42 Å². The van der Waals surface area contributed by atoms with E-state index in [4.69, 9.17) is 9.47 Å². The second-order valence-electron chi connectivity index (χ2n) is 10.6. The summed E-state index contributed by atoms with van der Waals surface area (Å²) in [4.78, 5) is 62.8. The number of carbonyl (C=O) groups excluding carboxylic acids is 5. The standard InChI is InChI=1S/C30H38N2O8/c1-18(16-19-10-13-21(33)14-11-19)26(35)31-24(28(37)40-6)8-7-9-25(34)20-12-15-23(22(17-20)27(36)39-5)32-29(38)30(2,3)4/h10-15,17-18,24,33H,7-9,16H2,1-6H3,(H,31,35)(H,32,38)/t18-,24-/m0/s1. The van der Waals surface area contributed by atoms with E-state index in [2.05, 4.69) is 10.6 Å². The number of Topliss-reactive ketones (excluding diaryl/α,β-unsaturated/α-hetero) is 1. The van der Waals surface area contributed by atoms with Crippen molar-refractivity contribution in [1.82, 2.24) is 5.32 Å². The van der Waals surface area contributed by atoms with Crippen molar-refractivity contribution >= 4 is 35.2 Å². The largest absolute Gasteiger partial charge is 0.508 e. The molecule has 0 spiro atoms. The third-order valence-electron chi connectivity index (χ3n) is 6.30. The van der Waals surface area contributed by atoms with Gasteiger partial charge in [0, 0.05) is 23.3 Å². The van der Waals surface area contributed by atoms with Gasteiger partial charge >= 0.3 is 11.9 Å². The highest BCUT2D eigenvalue weighted by Gasteiger charge is 2.26. The summed E-state index contributed by atoms with van der Waals surface area (Å²) in [5, 5.41) is 14.8. The van der Waals surface area contributed by atoms with Crippen LogP contribution in [-0.2, 0) is 30.3 Å². The molecule has 40 heavy (non-hydrogen) atoms. The van der Waals surface area contributed by atoms with Crippen LogP contribution in [0, 0.1) is 11.3 Å². The quantitative estimate of drug-likeness (QED) is 0.263. The molecule has 2 aromatic carbocycles. The minimum atomic E-state index is -0.937. The average Bonchev–Trinajstić information content (AvgIpc) is 2.92. The summed E-state index contributed by atoms with van der Waals surface area (Å²) in [6.45, 7) is 6.93. The van der Waals surface area contributed by atoms with E-state index in [9.17, 15) is 29.1 Å². The van der Waals surface area contributed by atoms with Crippen molar-refractivity contribution in [3.63, 3.8) is 0 Å². The van der Waals surface area contributed by atoms with Crippen molar-refractivity contribution in [3.8, 4) is 5.75 Å². The molecule has 0 aliphatic carbocycles. The number of esters is 2. The van der Waals surface area contributed by atoms with Crippen molar-refractivity contribution < 1.29 is 38.6 Å². The Morgan fingerprint density at radius 1 is 0.950 bits per heavy atom. The molecule has 0 radical (unpaired) electrons. The van der Waals surface area contributed by atoms with E-state index in [1.807, 2.05) is 0 Å². The lowest BCUT2D eigenvalue weighted by Crippen LogP contribution is -2.44. The van der Waals surface area contributed by atoms with E-state index in [-0.39, 0.29) is 59.4 Å². The van der Waals surface area contributed by atoms with Crippen LogP contribution < -0.4 is 10.6 Å². The number of hydrogen-bond acceptors (Lipinski definition) is 8. The monoisotopic (exact) mass is 554 g/mol. The number of phenolic OH excluding ortho intramolecular Hbond substituents is 1. The second kappa shape index (κ2) is 14.3. The molecule has 2 amide bonds. The van der Waals surface area contributed by atoms with Gasteiger partial charge in [-0.1, -0.05) is 39.8 Å². The highest BCUT2D eigenvalue weighted by Crippen LogP contribution is 2.24. The van der Waals surface area contributed by atoms with E-state index in [1.54, 1.807) is 39.8 Å². The number of benzene rings is 2. The zero-order chi connectivity index (χ0) is 30.0. The van der Waals surface area contributed by atoms with Gasteiger partial charge in [0.2, 0.25) is 11.8 Å². The lowest BCUT2D eigenvalue weighted by Gasteiger charge is -2.20. The summed E-state index contributed by atoms with van der Waals surface area (Å²) in [6.07, 6.45) is 0.884. The van der Waals surface area contributed by atoms with Crippen LogP contribution in [0.2, 0.25) is 0 Å². The van der Waals surface area contributed by atoms with Crippen LogP contribution in [0.3, 0.4) is 0 Å². The predicted octanol–water partition coefficient (Wildman–Crippen LogP) is 4.05. The van der Waals surface area contributed by atoms with Crippen LogP contribution in [-0.4, -0.2) is 54.9 Å². The van der Waals surface area contributed by atoms with Gasteiger partial charge in [-0.2, -0.15) is 0 Å². The Labute approximate surface area is 234 Å². The normalized spacial score (nSPS) is 12.6. The lowest BCUT2D eigenvalue weighted by molar-refractivity contribution is -0.145. The topological polar surface area (TPSA) is 148 Å². The van der Waals surface area contributed by atoms with Crippen molar-refractivity contribution in [1.29, 1.82) is 0 Å². The maximum absolute atomic E-state index is 12.9. The highest BCUT2D eigenvalue weighted by atomic mass is 16.5. The maximum atomic E-state index is 12.9. The number of carbonyl (C=O) groups is 5. The van der Waals surface area contributed by atoms with Crippen LogP contribution in [0.5, 0.6) is 5.75 Å². The summed E-state index contributed by atoms with van der Waals surface area (Å²) >= 11 is 0. The summed E-state index contributed by atoms with van der Waals surface area (Å²) < 4.78 is 9.66. The number of amides is 2. The number of methoxy groups -OCH3 is 2. The number of nitrogens with one attached hydrogen (secondary N) is 2. The van der Waals surface area contributed by atoms with Crippen molar-refractivity contribution in [2.75, 3.05) is 19.5 Å².